The van der Waals surface area contributed by atoms with Crippen LogP contribution in [0.2, 0.25) is 0 Å². The van der Waals surface area contributed by atoms with Crippen molar-refractivity contribution in [3.05, 3.63) is 59.1 Å². The van der Waals surface area contributed by atoms with Gasteiger partial charge in [0.1, 0.15) is 5.75 Å². The van der Waals surface area contributed by atoms with Gasteiger partial charge in [-0.2, -0.15) is 0 Å². The summed E-state index contributed by atoms with van der Waals surface area (Å²) in [5.74, 6) is 0.772. The van der Waals surface area contributed by atoms with Gasteiger partial charge in [-0.15, -0.1) is 0 Å². The van der Waals surface area contributed by atoms with Crippen molar-refractivity contribution in [2.75, 3.05) is 7.11 Å². The SMILES string of the molecule is COc1ccc(-c2ccnc3occc(=O)c23)cc1. The van der Waals surface area contributed by atoms with Crippen LogP contribution in [0.25, 0.3) is 22.2 Å². The zero-order valence-corrected chi connectivity index (χ0v) is 10.3. The molecule has 0 N–H and O–H groups in total. The third kappa shape index (κ3) is 1.97. The van der Waals surface area contributed by atoms with Gasteiger partial charge in [0.25, 0.3) is 0 Å². The first kappa shape index (κ1) is 11.5. The number of hydrogen-bond donors (Lipinski definition) is 0. The molecule has 0 fully saturated rings. The number of aromatic nitrogens is 1. The Morgan fingerprint density at radius 2 is 1.89 bits per heavy atom. The van der Waals surface area contributed by atoms with E-state index in [1.165, 1.54) is 12.3 Å². The summed E-state index contributed by atoms with van der Waals surface area (Å²) in [5, 5.41) is 0.496. The van der Waals surface area contributed by atoms with Crippen molar-refractivity contribution >= 4 is 11.1 Å². The first-order chi connectivity index (χ1) is 9.29. The lowest BCUT2D eigenvalue weighted by Gasteiger charge is -2.05. The third-order valence-corrected chi connectivity index (χ3v) is 2.96. The van der Waals surface area contributed by atoms with Gasteiger partial charge in [0.05, 0.1) is 18.8 Å². The molecule has 3 rings (SSSR count). The van der Waals surface area contributed by atoms with E-state index in [2.05, 4.69) is 4.98 Å². The van der Waals surface area contributed by atoms with Crippen molar-refractivity contribution in [2.45, 2.75) is 0 Å². The Hall–Kier alpha value is -2.62. The van der Waals surface area contributed by atoms with Gasteiger partial charge in [-0.3, -0.25) is 4.79 Å². The van der Waals surface area contributed by atoms with Crippen LogP contribution in [-0.2, 0) is 0 Å². The number of fused-ring (bicyclic) bond motifs is 1. The summed E-state index contributed by atoms with van der Waals surface area (Å²) in [6.07, 6.45) is 2.99. The summed E-state index contributed by atoms with van der Waals surface area (Å²) in [5.41, 5.74) is 1.98. The fourth-order valence-corrected chi connectivity index (χ4v) is 2.02. The molecule has 2 aromatic heterocycles. The molecule has 94 valence electrons. The van der Waals surface area contributed by atoms with E-state index in [-0.39, 0.29) is 5.43 Å². The van der Waals surface area contributed by atoms with Crippen LogP contribution in [0.5, 0.6) is 5.75 Å². The Bertz CT molecular complexity index is 770. The quantitative estimate of drug-likeness (QED) is 0.704. The maximum absolute atomic E-state index is 12.0. The molecule has 0 saturated heterocycles. The Labute approximate surface area is 109 Å². The molecular weight excluding hydrogens is 242 g/mol. The molecule has 4 nitrogen and oxygen atoms in total. The molecule has 3 aromatic rings. The van der Waals surface area contributed by atoms with Crippen molar-refractivity contribution in [1.29, 1.82) is 0 Å². The molecule has 0 radical (unpaired) electrons. The maximum Gasteiger partial charge on any atom is 0.230 e. The number of methoxy groups -OCH3 is 1. The second kappa shape index (κ2) is 4.57. The molecule has 0 spiro atoms. The van der Waals surface area contributed by atoms with Gasteiger partial charge in [0, 0.05) is 12.3 Å². The molecule has 2 heterocycles. The average Bonchev–Trinajstić information content (AvgIpc) is 2.47. The summed E-state index contributed by atoms with van der Waals surface area (Å²) in [7, 11) is 1.62. The second-order valence-electron chi connectivity index (χ2n) is 4.05. The number of pyridine rings is 1. The van der Waals surface area contributed by atoms with Gasteiger partial charge >= 0.3 is 0 Å². The van der Waals surface area contributed by atoms with Gasteiger partial charge in [0.15, 0.2) is 5.43 Å². The standard InChI is InChI=1S/C15H11NO3/c1-18-11-4-2-10(3-5-11)12-6-8-16-15-14(12)13(17)7-9-19-15/h2-9H,1H3. The Kier molecular flexibility index (Phi) is 2.76. The summed E-state index contributed by atoms with van der Waals surface area (Å²) >= 11 is 0. The van der Waals surface area contributed by atoms with Crippen LogP contribution in [0.1, 0.15) is 0 Å². The average molecular weight is 253 g/mol. The largest absolute Gasteiger partial charge is 0.497 e. The highest BCUT2D eigenvalue weighted by atomic mass is 16.5. The molecular formula is C15H11NO3. The fourth-order valence-electron chi connectivity index (χ4n) is 2.02. The first-order valence-corrected chi connectivity index (χ1v) is 5.80. The normalized spacial score (nSPS) is 10.6. The van der Waals surface area contributed by atoms with Gasteiger partial charge in [-0.1, -0.05) is 12.1 Å². The molecule has 0 aliphatic carbocycles. The highest BCUT2D eigenvalue weighted by molar-refractivity contribution is 5.91. The highest BCUT2D eigenvalue weighted by Crippen LogP contribution is 2.26. The van der Waals surface area contributed by atoms with Crippen molar-refractivity contribution in [1.82, 2.24) is 4.98 Å². The zero-order valence-electron chi connectivity index (χ0n) is 10.3. The van der Waals surface area contributed by atoms with Crippen LogP contribution in [0, 0.1) is 0 Å². The van der Waals surface area contributed by atoms with E-state index in [1.807, 2.05) is 24.3 Å². The van der Waals surface area contributed by atoms with Gasteiger partial charge in [-0.25, -0.2) is 4.98 Å². The molecule has 1 aromatic carbocycles. The topological polar surface area (TPSA) is 52.3 Å². The van der Waals surface area contributed by atoms with Crippen LogP contribution in [0.3, 0.4) is 0 Å². The van der Waals surface area contributed by atoms with Crippen molar-refractivity contribution < 1.29 is 9.15 Å². The molecule has 0 atom stereocenters. The maximum atomic E-state index is 12.0. The molecule has 0 aliphatic rings. The number of ether oxygens (including phenoxy) is 1. The Morgan fingerprint density at radius 1 is 1.11 bits per heavy atom. The van der Waals surface area contributed by atoms with Crippen LogP contribution >= 0.6 is 0 Å². The summed E-state index contributed by atoms with van der Waals surface area (Å²) in [6.45, 7) is 0. The smallest absolute Gasteiger partial charge is 0.230 e. The lowest BCUT2D eigenvalue weighted by atomic mass is 10.0. The van der Waals surface area contributed by atoms with Crippen LogP contribution in [-0.4, -0.2) is 12.1 Å². The lowest BCUT2D eigenvalue weighted by Crippen LogP contribution is -2.01. The molecule has 19 heavy (non-hydrogen) atoms. The van der Waals surface area contributed by atoms with E-state index >= 15 is 0 Å². The first-order valence-electron chi connectivity index (χ1n) is 5.80. The number of benzene rings is 1. The van der Waals surface area contributed by atoms with Crippen molar-refractivity contribution in [3.63, 3.8) is 0 Å². The van der Waals surface area contributed by atoms with E-state index in [0.29, 0.717) is 11.1 Å². The predicted octanol–water partition coefficient (Wildman–Crippen LogP) is 2.86. The lowest BCUT2D eigenvalue weighted by molar-refractivity contribution is 0.415. The predicted molar refractivity (Wildman–Crippen MR) is 72.3 cm³/mol. The third-order valence-electron chi connectivity index (χ3n) is 2.96. The number of nitrogens with zero attached hydrogens (tertiary/aromatic N) is 1. The number of rotatable bonds is 2. The minimum atomic E-state index is -0.0971. The van der Waals surface area contributed by atoms with Crippen LogP contribution in [0.15, 0.2) is 58.1 Å². The van der Waals surface area contributed by atoms with E-state index in [9.17, 15) is 4.79 Å². The van der Waals surface area contributed by atoms with Crippen LogP contribution < -0.4 is 10.2 Å². The molecule has 0 amide bonds. The minimum absolute atomic E-state index is 0.0971. The molecule has 0 bridgehead atoms. The minimum Gasteiger partial charge on any atom is -0.497 e. The Morgan fingerprint density at radius 3 is 2.63 bits per heavy atom. The van der Waals surface area contributed by atoms with Crippen LogP contribution in [0.4, 0.5) is 0 Å². The van der Waals surface area contributed by atoms with Gasteiger partial charge < -0.3 is 9.15 Å². The molecule has 0 saturated carbocycles. The molecule has 4 heteroatoms. The van der Waals surface area contributed by atoms with Gasteiger partial charge in [-0.05, 0) is 29.3 Å². The van der Waals surface area contributed by atoms with E-state index in [1.54, 1.807) is 19.4 Å². The summed E-state index contributed by atoms with van der Waals surface area (Å²) in [4.78, 5) is 16.0. The van der Waals surface area contributed by atoms with Gasteiger partial charge in [0.2, 0.25) is 5.71 Å². The highest BCUT2D eigenvalue weighted by Gasteiger charge is 2.09. The summed E-state index contributed by atoms with van der Waals surface area (Å²) < 4.78 is 10.4. The van der Waals surface area contributed by atoms with Crippen molar-refractivity contribution in [2.24, 2.45) is 0 Å². The molecule has 0 aliphatic heterocycles. The van der Waals surface area contributed by atoms with E-state index in [4.69, 9.17) is 9.15 Å². The fraction of sp³-hybridized carbons (Fsp3) is 0.0667. The van der Waals surface area contributed by atoms with E-state index < -0.39 is 0 Å². The zero-order chi connectivity index (χ0) is 13.2. The number of hydrogen-bond acceptors (Lipinski definition) is 4. The Balaban J connectivity index is 2.27. The second-order valence-corrected chi connectivity index (χ2v) is 4.05. The van der Waals surface area contributed by atoms with E-state index in [0.717, 1.165) is 16.9 Å². The van der Waals surface area contributed by atoms with Crippen molar-refractivity contribution in [3.8, 4) is 16.9 Å². The summed E-state index contributed by atoms with van der Waals surface area (Å²) in [6, 6.07) is 10.7. The monoisotopic (exact) mass is 253 g/mol. The molecule has 0 unspecified atom stereocenters.